The molecule has 1 aromatic carbocycles. The number of carboxylic acids is 1. The van der Waals surface area contributed by atoms with E-state index < -0.39 is 5.97 Å². The molecule has 1 N–H and O–H groups in total. The van der Waals surface area contributed by atoms with E-state index in [1.165, 1.54) is 5.56 Å². The van der Waals surface area contributed by atoms with Crippen LogP contribution < -0.4 is 0 Å². The van der Waals surface area contributed by atoms with Gasteiger partial charge in [0.05, 0.1) is 11.4 Å². The smallest absolute Gasteiger partial charge is 0.308 e. The standard InChI is InChI=1S/C17H20N2O2/c1-11-9-13(15-5-3-4-6-16(15)18-11)10-19-8-7-14(12(19)2)17(20)21/h3-6,9,12,14H,7-8,10H2,1-2H3,(H,20,21). The largest absolute Gasteiger partial charge is 0.481 e. The number of carboxylic acid groups (broad SMARTS) is 1. The first-order valence-electron chi connectivity index (χ1n) is 7.38. The second-order valence-corrected chi connectivity index (χ2v) is 5.88. The maximum absolute atomic E-state index is 11.2. The third kappa shape index (κ3) is 2.63. The molecule has 1 aromatic heterocycles. The number of carbonyl (C=O) groups is 1. The van der Waals surface area contributed by atoms with Gasteiger partial charge in [0.25, 0.3) is 0 Å². The third-order valence-corrected chi connectivity index (χ3v) is 4.51. The van der Waals surface area contributed by atoms with Crippen molar-refractivity contribution in [3.63, 3.8) is 0 Å². The minimum atomic E-state index is -0.680. The van der Waals surface area contributed by atoms with Crippen molar-refractivity contribution in [1.29, 1.82) is 0 Å². The number of likely N-dealkylation sites (tertiary alicyclic amines) is 1. The zero-order valence-corrected chi connectivity index (χ0v) is 12.4. The van der Waals surface area contributed by atoms with E-state index in [0.717, 1.165) is 36.1 Å². The Hall–Kier alpha value is -1.94. The van der Waals surface area contributed by atoms with E-state index in [2.05, 4.69) is 22.0 Å². The van der Waals surface area contributed by atoms with Gasteiger partial charge in [-0.3, -0.25) is 14.7 Å². The molecule has 21 heavy (non-hydrogen) atoms. The molecule has 110 valence electrons. The molecule has 0 radical (unpaired) electrons. The maximum atomic E-state index is 11.2. The molecule has 2 unspecified atom stereocenters. The molecule has 0 spiro atoms. The fraction of sp³-hybridized carbons (Fsp3) is 0.412. The van der Waals surface area contributed by atoms with Gasteiger partial charge in [-0.25, -0.2) is 0 Å². The Morgan fingerprint density at radius 1 is 1.43 bits per heavy atom. The van der Waals surface area contributed by atoms with Crippen LogP contribution in [0.4, 0.5) is 0 Å². The molecule has 1 fully saturated rings. The van der Waals surface area contributed by atoms with Crippen molar-refractivity contribution in [3.8, 4) is 0 Å². The van der Waals surface area contributed by atoms with Crippen LogP contribution in [0.15, 0.2) is 30.3 Å². The summed E-state index contributed by atoms with van der Waals surface area (Å²) in [7, 11) is 0. The first kappa shape index (κ1) is 14.0. The van der Waals surface area contributed by atoms with Crippen molar-refractivity contribution in [2.24, 2.45) is 5.92 Å². The predicted octanol–water partition coefficient (Wildman–Crippen LogP) is 2.84. The van der Waals surface area contributed by atoms with E-state index in [4.69, 9.17) is 0 Å². The van der Waals surface area contributed by atoms with Crippen LogP contribution in [-0.4, -0.2) is 33.5 Å². The lowest BCUT2D eigenvalue weighted by atomic mass is 10.0. The molecule has 1 aliphatic rings. The van der Waals surface area contributed by atoms with E-state index >= 15 is 0 Å². The predicted molar refractivity (Wildman–Crippen MR) is 82.1 cm³/mol. The lowest BCUT2D eigenvalue weighted by Crippen LogP contribution is -2.32. The fourth-order valence-electron chi connectivity index (χ4n) is 3.30. The molecule has 0 aliphatic carbocycles. The number of aryl methyl sites for hydroxylation is 1. The second-order valence-electron chi connectivity index (χ2n) is 5.88. The fourth-order valence-corrected chi connectivity index (χ4v) is 3.30. The molecule has 0 amide bonds. The van der Waals surface area contributed by atoms with E-state index in [1.807, 2.05) is 32.0 Å². The van der Waals surface area contributed by atoms with E-state index in [9.17, 15) is 9.90 Å². The number of para-hydroxylation sites is 1. The van der Waals surface area contributed by atoms with Gasteiger partial charge in [0.2, 0.25) is 0 Å². The molecular weight excluding hydrogens is 264 g/mol. The highest BCUT2D eigenvalue weighted by atomic mass is 16.4. The lowest BCUT2D eigenvalue weighted by molar-refractivity contribution is -0.142. The van der Waals surface area contributed by atoms with Crippen molar-refractivity contribution in [2.75, 3.05) is 6.54 Å². The third-order valence-electron chi connectivity index (χ3n) is 4.51. The van der Waals surface area contributed by atoms with Crippen molar-refractivity contribution >= 4 is 16.9 Å². The highest BCUT2D eigenvalue weighted by Gasteiger charge is 2.35. The number of hydrogen-bond donors (Lipinski definition) is 1. The molecule has 3 rings (SSSR count). The van der Waals surface area contributed by atoms with Crippen LogP contribution in [0.25, 0.3) is 10.9 Å². The van der Waals surface area contributed by atoms with Crippen LogP contribution in [0, 0.1) is 12.8 Å². The van der Waals surface area contributed by atoms with Crippen LogP contribution >= 0.6 is 0 Å². The highest BCUT2D eigenvalue weighted by Crippen LogP contribution is 2.28. The Morgan fingerprint density at radius 3 is 2.90 bits per heavy atom. The average molecular weight is 284 g/mol. The molecule has 0 saturated carbocycles. The van der Waals surface area contributed by atoms with Crippen LogP contribution in [0.3, 0.4) is 0 Å². The minimum absolute atomic E-state index is 0.0785. The number of nitrogens with zero attached hydrogens (tertiary/aromatic N) is 2. The van der Waals surface area contributed by atoms with Crippen molar-refractivity contribution in [3.05, 3.63) is 41.6 Å². The summed E-state index contributed by atoms with van der Waals surface area (Å²) in [6, 6.07) is 10.3. The number of hydrogen-bond acceptors (Lipinski definition) is 3. The monoisotopic (exact) mass is 284 g/mol. The van der Waals surface area contributed by atoms with Crippen molar-refractivity contribution < 1.29 is 9.90 Å². The minimum Gasteiger partial charge on any atom is -0.481 e. The Bertz CT molecular complexity index is 684. The number of aliphatic carboxylic acids is 1. The maximum Gasteiger partial charge on any atom is 0.308 e. The first-order chi connectivity index (χ1) is 10.1. The normalized spacial score (nSPS) is 22.8. The molecular formula is C17H20N2O2. The molecule has 1 aliphatic heterocycles. The molecule has 2 atom stereocenters. The number of rotatable bonds is 3. The van der Waals surface area contributed by atoms with Gasteiger partial charge < -0.3 is 5.11 Å². The Balaban J connectivity index is 1.90. The van der Waals surface area contributed by atoms with Gasteiger partial charge in [0.15, 0.2) is 0 Å². The molecule has 4 nitrogen and oxygen atoms in total. The summed E-state index contributed by atoms with van der Waals surface area (Å²) in [6.45, 7) is 5.65. The summed E-state index contributed by atoms with van der Waals surface area (Å²) >= 11 is 0. The average Bonchev–Trinajstić information content (AvgIpc) is 2.80. The van der Waals surface area contributed by atoms with Crippen LogP contribution in [0.1, 0.15) is 24.6 Å². The topological polar surface area (TPSA) is 53.4 Å². The summed E-state index contributed by atoms with van der Waals surface area (Å²) in [5, 5.41) is 10.4. The first-order valence-corrected chi connectivity index (χ1v) is 7.38. The molecule has 0 bridgehead atoms. The van der Waals surface area contributed by atoms with Crippen molar-refractivity contribution in [1.82, 2.24) is 9.88 Å². The molecule has 2 heterocycles. The summed E-state index contributed by atoms with van der Waals surface area (Å²) in [5.41, 5.74) is 3.25. The van der Waals surface area contributed by atoms with E-state index in [-0.39, 0.29) is 12.0 Å². The highest BCUT2D eigenvalue weighted by molar-refractivity contribution is 5.82. The number of benzene rings is 1. The summed E-state index contributed by atoms with van der Waals surface area (Å²) in [4.78, 5) is 18.1. The van der Waals surface area contributed by atoms with Crippen molar-refractivity contribution in [2.45, 2.75) is 32.9 Å². The van der Waals surface area contributed by atoms with Gasteiger partial charge in [-0.2, -0.15) is 0 Å². The second kappa shape index (κ2) is 5.45. The van der Waals surface area contributed by atoms with Gasteiger partial charge in [-0.15, -0.1) is 0 Å². The molecule has 4 heteroatoms. The quantitative estimate of drug-likeness (QED) is 0.941. The van der Waals surface area contributed by atoms with Gasteiger partial charge in [-0.05, 0) is 44.5 Å². The zero-order valence-electron chi connectivity index (χ0n) is 12.4. The van der Waals surface area contributed by atoms with E-state index in [1.54, 1.807) is 0 Å². The number of fused-ring (bicyclic) bond motifs is 1. The number of aromatic nitrogens is 1. The van der Waals surface area contributed by atoms with Gasteiger partial charge in [0.1, 0.15) is 0 Å². The zero-order chi connectivity index (χ0) is 15.0. The van der Waals surface area contributed by atoms with Gasteiger partial charge >= 0.3 is 5.97 Å². The summed E-state index contributed by atoms with van der Waals surface area (Å²) in [5.74, 6) is -0.931. The van der Waals surface area contributed by atoms with Crippen LogP contribution in [0.2, 0.25) is 0 Å². The Kier molecular flexibility index (Phi) is 3.64. The SMILES string of the molecule is Cc1cc(CN2CCC(C(=O)O)C2C)c2ccccc2n1. The molecule has 1 saturated heterocycles. The van der Waals surface area contributed by atoms with Gasteiger partial charge in [0, 0.05) is 23.7 Å². The molecule has 2 aromatic rings. The Morgan fingerprint density at radius 2 is 2.19 bits per heavy atom. The Labute approximate surface area is 124 Å². The summed E-state index contributed by atoms with van der Waals surface area (Å²) < 4.78 is 0. The lowest BCUT2D eigenvalue weighted by Gasteiger charge is -2.23. The van der Waals surface area contributed by atoms with Crippen LogP contribution in [-0.2, 0) is 11.3 Å². The van der Waals surface area contributed by atoms with Gasteiger partial charge in [-0.1, -0.05) is 18.2 Å². The van der Waals surface area contributed by atoms with Crippen LogP contribution in [0.5, 0.6) is 0 Å². The number of pyridine rings is 1. The summed E-state index contributed by atoms with van der Waals surface area (Å²) in [6.07, 6.45) is 0.735. The van der Waals surface area contributed by atoms with E-state index in [0.29, 0.717) is 0 Å².